The van der Waals surface area contributed by atoms with Crippen LogP contribution in [0.1, 0.15) is 10.4 Å². The number of benzene rings is 2. The number of hydrogen-bond acceptors (Lipinski definition) is 4. The van der Waals surface area contributed by atoms with Gasteiger partial charge in [0.25, 0.3) is 5.91 Å². The molecule has 0 radical (unpaired) electrons. The summed E-state index contributed by atoms with van der Waals surface area (Å²) in [7, 11) is 0. The third kappa shape index (κ3) is 3.02. The van der Waals surface area contributed by atoms with E-state index in [0.29, 0.717) is 10.6 Å². The van der Waals surface area contributed by atoms with Crippen molar-refractivity contribution in [2.45, 2.75) is 0 Å². The van der Waals surface area contributed by atoms with Gasteiger partial charge in [0.2, 0.25) is 0 Å². The second-order valence-corrected chi connectivity index (χ2v) is 6.95. The number of carbonyl (C=O) groups excluding carboxylic acids is 1. The molecule has 124 valence electrons. The van der Waals surface area contributed by atoms with Gasteiger partial charge in [-0.15, -0.1) is 11.3 Å². The maximum absolute atomic E-state index is 11.5. The number of fused-ring (bicyclic) bond motifs is 1. The molecule has 0 saturated heterocycles. The quantitative estimate of drug-likeness (QED) is 0.361. The van der Waals surface area contributed by atoms with Crippen LogP contribution in [0.15, 0.2) is 54.6 Å². The second-order valence-electron chi connectivity index (χ2n) is 5.43. The molecule has 4 rings (SSSR count). The van der Waals surface area contributed by atoms with Crippen molar-refractivity contribution in [1.29, 1.82) is 0 Å². The minimum Gasteiger partial charge on any atom is -0.337 e. The lowest BCUT2D eigenvalue weighted by molar-refractivity contribution is 0.0706. The monoisotopic (exact) mass is 369 g/mol. The molecule has 0 aliphatic carbocycles. The predicted molar refractivity (Wildman–Crippen MR) is 99.1 cm³/mol. The van der Waals surface area contributed by atoms with Crippen molar-refractivity contribution >= 4 is 39.9 Å². The minimum absolute atomic E-state index is 0.357. The van der Waals surface area contributed by atoms with E-state index in [-0.39, 0.29) is 0 Å². The summed E-state index contributed by atoms with van der Waals surface area (Å²) < 4.78 is 0. The molecule has 0 saturated carbocycles. The Morgan fingerprint density at radius 2 is 1.96 bits per heavy atom. The van der Waals surface area contributed by atoms with Crippen LogP contribution in [0.2, 0.25) is 5.02 Å². The number of nitrogens with one attached hydrogen (secondary N) is 2. The highest BCUT2D eigenvalue weighted by Crippen LogP contribution is 2.34. The molecule has 0 atom stereocenters. The molecule has 5 nitrogen and oxygen atoms in total. The molecule has 0 spiro atoms. The summed E-state index contributed by atoms with van der Waals surface area (Å²) in [4.78, 5) is 21.4. The zero-order valence-electron chi connectivity index (χ0n) is 12.8. The molecule has 3 N–H and O–H groups in total. The molecular weight excluding hydrogens is 358 g/mol. The Balaban J connectivity index is 1.71. The van der Waals surface area contributed by atoms with Gasteiger partial charge >= 0.3 is 0 Å². The lowest BCUT2D eigenvalue weighted by Crippen LogP contribution is -2.18. The van der Waals surface area contributed by atoms with Gasteiger partial charge in [-0.05, 0) is 48.0 Å². The number of hydrogen-bond donors (Lipinski definition) is 3. The van der Waals surface area contributed by atoms with E-state index in [4.69, 9.17) is 16.8 Å². The molecule has 2 aromatic carbocycles. The Labute approximate surface area is 151 Å². The van der Waals surface area contributed by atoms with Crippen molar-refractivity contribution in [3.63, 3.8) is 0 Å². The Bertz CT molecular complexity index is 1090. The third-order valence-corrected chi connectivity index (χ3v) is 5.17. The van der Waals surface area contributed by atoms with Gasteiger partial charge in [-0.3, -0.25) is 10.0 Å². The van der Waals surface area contributed by atoms with E-state index in [1.54, 1.807) is 35.0 Å². The number of halogens is 1. The largest absolute Gasteiger partial charge is 0.337 e. The Kier molecular flexibility index (Phi) is 4.01. The molecule has 1 amide bonds. The number of aromatic nitrogens is 2. The Morgan fingerprint density at radius 3 is 2.76 bits per heavy atom. The first-order chi connectivity index (χ1) is 12.1. The average Bonchev–Trinajstić information content (AvgIpc) is 3.27. The van der Waals surface area contributed by atoms with Crippen LogP contribution < -0.4 is 5.48 Å². The summed E-state index contributed by atoms with van der Waals surface area (Å²) in [6.45, 7) is 0. The number of aromatic amines is 1. The number of H-pyrrole nitrogens is 1. The summed E-state index contributed by atoms with van der Waals surface area (Å²) in [5, 5.41) is 9.44. The van der Waals surface area contributed by atoms with Crippen LogP contribution in [0.25, 0.3) is 32.2 Å². The summed E-state index contributed by atoms with van der Waals surface area (Å²) in [6.07, 6.45) is 0. The average molecular weight is 370 g/mol. The molecule has 7 heteroatoms. The van der Waals surface area contributed by atoms with Crippen molar-refractivity contribution in [2.24, 2.45) is 0 Å². The standard InChI is InChI=1S/C18H12ClN3O2S/c19-12-3-1-2-10(8-12)15-6-7-16(25-15)17-20-13-5-4-11(18(23)22-24)9-14(13)21-17/h1-9,24H,(H,20,21)(H,22,23). The van der Waals surface area contributed by atoms with Crippen LogP contribution in [0.3, 0.4) is 0 Å². The SMILES string of the molecule is O=C(NO)c1ccc2nc(-c3ccc(-c4cccc(Cl)c4)s3)[nH]c2c1. The van der Waals surface area contributed by atoms with Gasteiger partial charge < -0.3 is 4.98 Å². The van der Waals surface area contributed by atoms with Crippen LogP contribution >= 0.6 is 22.9 Å². The summed E-state index contributed by atoms with van der Waals surface area (Å²) in [5.41, 5.74) is 4.53. The normalized spacial score (nSPS) is 11.0. The van der Waals surface area contributed by atoms with E-state index in [1.165, 1.54) is 0 Å². The Morgan fingerprint density at radius 1 is 1.12 bits per heavy atom. The molecule has 0 bridgehead atoms. The molecule has 2 aromatic heterocycles. The minimum atomic E-state index is -0.558. The van der Waals surface area contributed by atoms with Crippen molar-refractivity contribution in [3.8, 4) is 21.1 Å². The zero-order valence-corrected chi connectivity index (χ0v) is 14.4. The van der Waals surface area contributed by atoms with Crippen LogP contribution in [-0.2, 0) is 0 Å². The number of nitrogens with zero attached hydrogens (tertiary/aromatic N) is 1. The molecule has 0 fully saturated rings. The predicted octanol–water partition coefficient (Wildman–Crippen LogP) is 4.73. The number of rotatable bonds is 3. The van der Waals surface area contributed by atoms with Gasteiger partial charge in [0.05, 0.1) is 15.9 Å². The first-order valence-corrected chi connectivity index (χ1v) is 8.64. The van der Waals surface area contributed by atoms with E-state index < -0.39 is 5.91 Å². The summed E-state index contributed by atoms with van der Waals surface area (Å²) in [5.74, 6) is 0.173. The van der Waals surface area contributed by atoms with Gasteiger partial charge in [-0.2, -0.15) is 0 Å². The van der Waals surface area contributed by atoms with Crippen LogP contribution in [0, 0.1) is 0 Å². The van der Waals surface area contributed by atoms with E-state index in [1.807, 2.05) is 36.4 Å². The molecule has 0 aliphatic heterocycles. The number of thiophene rings is 1. The van der Waals surface area contributed by atoms with Crippen molar-refractivity contribution in [1.82, 2.24) is 15.4 Å². The van der Waals surface area contributed by atoms with E-state index >= 15 is 0 Å². The Hall–Kier alpha value is -2.67. The number of carbonyl (C=O) groups is 1. The second kappa shape index (κ2) is 6.33. The lowest BCUT2D eigenvalue weighted by atomic mass is 10.2. The van der Waals surface area contributed by atoms with Gasteiger partial charge in [-0.25, -0.2) is 10.5 Å². The third-order valence-electron chi connectivity index (χ3n) is 3.79. The molecule has 0 unspecified atom stereocenters. The summed E-state index contributed by atoms with van der Waals surface area (Å²) in [6, 6.07) is 16.8. The fourth-order valence-corrected chi connectivity index (χ4v) is 3.73. The zero-order chi connectivity index (χ0) is 17.4. The molecule has 0 aliphatic rings. The van der Waals surface area contributed by atoms with E-state index in [0.717, 1.165) is 32.2 Å². The lowest BCUT2D eigenvalue weighted by Gasteiger charge is -1.97. The van der Waals surface area contributed by atoms with Crippen LogP contribution in [0.4, 0.5) is 0 Å². The van der Waals surface area contributed by atoms with Crippen LogP contribution in [0.5, 0.6) is 0 Å². The van der Waals surface area contributed by atoms with Crippen molar-refractivity contribution in [2.75, 3.05) is 0 Å². The van der Waals surface area contributed by atoms with Gasteiger partial charge in [0.1, 0.15) is 5.82 Å². The van der Waals surface area contributed by atoms with Gasteiger partial charge in [-0.1, -0.05) is 23.7 Å². The van der Waals surface area contributed by atoms with Crippen molar-refractivity contribution in [3.05, 3.63) is 65.2 Å². The first-order valence-electron chi connectivity index (χ1n) is 7.44. The molecule has 25 heavy (non-hydrogen) atoms. The number of amides is 1. The first kappa shape index (κ1) is 15.8. The fraction of sp³-hybridized carbons (Fsp3) is 0. The maximum Gasteiger partial charge on any atom is 0.274 e. The highest BCUT2D eigenvalue weighted by atomic mass is 35.5. The fourth-order valence-electron chi connectivity index (χ4n) is 2.59. The smallest absolute Gasteiger partial charge is 0.274 e. The number of hydroxylamine groups is 1. The highest BCUT2D eigenvalue weighted by molar-refractivity contribution is 7.18. The van der Waals surface area contributed by atoms with Gasteiger partial charge in [0.15, 0.2) is 0 Å². The van der Waals surface area contributed by atoms with Crippen molar-refractivity contribution < 1.29 is 10.0 Å². The molecule has 4 aromatic rings. The summed E-state index contributed by atoms with van der Waals surface area (Å²) >= 11 is 7.67. The number of imidazole rings is 1. The highest BCUT2D eigenvalue weighted by Gasteiger charge is 2.12. The molecule has 2 heterocycles. The van der Waals surface area contributed by atoms with Gasteiger partial charge in [0, 0.05) is 15.5 Å². The van der Waals surface area contributed by atoms with Crippen LogP contribution in [-0.4, -0.2) is 21.1 Å². The topological polar surface area (TPSA) is 78.0 Å². The van der Waals surface area contributed by atoms with E-state index in [2.05, 4.69) is 9.97 Å². The molecular formula is C18H12ClN3O2S. The maximum atomic E-state index is 11.5. The van der Waals surface area contributed by atoms with E-state index in [9.17, 15) is 4.79 Å².